The Kier molecular flexibility index (Phi) is 7.23. The number of aromatic amines is 1. The maximum Gasteiger partial charge on any atom is 0.479 e. The van der Waals surface area contributed by atoms with Crippen LogP contribution >= 0.6 is 23.0 Å². The lowest BCUT2D eigenvalue weighted by Gasteiger charge is -2.19. The summed E-state index contributed by atoms with van der Waals surface area (Å²) in [6.45, 7) is -0.990. The lowest BCUT2D eigenvalue weighted by atomic mass is 10.1. The maximum atomic E-state index is 11.8. The third-order valence-electron chi connectivity index (χ3n) is 3.46. The van der Waals surface area contributed by atoms with Gasteiger partial charge in [0.1, 0.15) is 18.3 Å². The number of hydrogen-bond donors (Lipinski definition) is 7. The lowest BCUT2D eigenvalue weighted by Crippen LogP contribution is -2.37. The van der Waals surface area contributed by atoms with Gasteiger partial charge >= 0.3 is 28.7 Å². The Bertz CT molecular complexity index is 998. The van der Waals surface area contributed by atoms with E-state index in [9.17, 15) is 43.3 Å². The van der Waals surface area contributed by atoms with Crippen LogP contribution < -0.4 is 11.2 Å². The molecule has 2 rings (SSSR count). The van der Waals surface area contributed by atoms with Crippen molar-refractivity contribution < 1.29 is 57.1 Å². The summed E-state index contributed by atoms with van der Waals surface area (Å²) in [5.74, 6) is -1.74. The van der Waals surface area contributed by atoms with Gasteiger partial charge in [0.25, 0.3) is 5.56 Å². The molecule has 0 amide bonds. The molecule has 29 heavy (non-hydrogen) atoms. The van der Waals surface area contributed by atoms with E-state index in [0.29, 0.717) is 0 Å². The Morgan fingerprint density at radius 2 is 1.72 bits per heavy atom. The molecule has 0 aliphatic carbocycles. The number of hydrogen-bond acceptors (Lipinski definition) is 10. The minimum atomic E-state index is -5.35. The number of aliphatic hydroxyl groups is 2. The molecule has 19 heteroatoms. The molecule has 0 saturated carbocycles. The zero-order valence-electron chi connectivity index (χ0n) is 14.1. The summed E-state index contributed by atoms with van der Waals surface area (Å²) < 4.78 is 48.1. The van der Waals surface area contributed by atoms with Crippen molar-refractivity contribution in [3.05, 3.63) is 33.1 Å². The van der Waals surface area contributed by atoms with Gasteiger partial charge in [0.05, 0.1) is 6.61 Å². The van der Waals surface area contributed by atoms with Crippen LogP contribution in [0.15, 0.2) is 21.9 Å². The number of ether oxygens (including phenoxy) is 1. The third-order valence-corrected chi connectivity index (χ3v) is 8.68. The first-order valence-corrected chi connectivity index (χ1v) is 12.5. The highest BCUT2D eigenvalue weighted by Gasteiger charge is 2.46. The molecule has 0 aromatic carbocycles. The smallest absolute Gasteiger partial charge is 0.387 e. The van der Waals surface area contributed by atoms with E-state index in [1.54, 1.807) is 0 Å². The second kappa shape index (κ2) is 8.63. The number of nitrogens with zero attached hydrogens (tertiary/aromatic N) is 1. The Hall–Kier alpha value is -0.990. The predicted octanol–water partition coefficient (Wildman–Crippen LogP) is -2.39. The van der Waals surface area contributed by atoms with Gasteiger partial charge in [0.2, 0.25) is 0 Å². The molecule has 0 radical (unpaired) electrons. The number of nitrogens with one attached hydrogen (secondary N) is 1. The highest BCUT2D eigenvalue weighted by Crippen LogP contribution is 2.65. The molecule has 6 atom stereocenters. The molecule has 1 fully saturated rings. The summed E-state index contributed by atoms with van der Waals surface area (Å²) in [6, 6.07) is 0.934. The topological polar surface area (TPSA) is 255 Å². The Labute approximate surface area is 160 Å². The zero-order valence-corrected chi connectivity index (χ0v) is 16.8. The largest absolute Gasteiger partial charge is 0.479 e. The number of aliphatic hydroxyl groups excluding tert-OH is 2. The molecule has 1 aliphatic heterocycles. The van der Waals surface area contributed by atoms with Crippen molar-refractivity contribution in [1.82, 2.24) is 9.55 Å². The summed E-state index contributed by atoms with van der Waals surface area (Å²) >= 11 is 0. The van der Waals surface area contributed by atoms with Crippen LogP contribution in [0.4, 0.5) is 0 Å². The fraction of sp³-hybridized carbons (Fsp3) is 0.600. The van der Waals surface area contributed by atoms with Gasteiger partial charge in [-0.25, -0.2) is 13.7 Å². The van der Waals surface area contributed by atoms with Crippen LogP contribution in [0.5, 0.6) is 0 Å². The molecule has 2 heterocycles. The summed E-state index contributed by atoms with van der Waals surface area (Å²) in [4.78, 5) is 60.7. The van der Waals surface area contributed by atoms with Crippen molar-refractivity contribution in [1.29, 1.82) is 0 Å². The lowest BCUT2D eigenvalue weighted by molar-refractivity contribution is -0.0541. The second-order valence-corrected chi connectivity index (χ2v) is 11.4. The van der Waals surface area contributed by atoms with Crippen LogP contribution in [0.2, 0.25) is 0 Å². The Morgan fingerprint density at radius 1 is 1.10 bits per heavy atom. The van der Waals surface area contributed by atoms with Gasteiger partial charge in [-0.2, -0.15) is 0 Å². The summed E-state index contributed by atoms with van der Waals surface area (Å²) in [5.41, 5.74) is -1.72. The second-order valence-electron chi connectivity index (χ2n) is 5.85. The minimum absolute atomic E-state index is 0.728. The van der Waals surface area contributed by atoms with Gasteiger partial charge in [-0.05, 0) is 0 Å². The van der Waals surface area contributed by atoms with Crippen molar-refractivity contribution in [2.24, 2.45) is 0 Å². The van der Waals surface area contributed by atoms with E-state index < -0.39 is 71.3 Å². The van der Waals surface area contributed by atoms with E-state index in [-0.39, 0.29) is 0 Å². The average molecular weight is 482 g/mol. The fourth-order valence-corrected chi connectivity index (χ4v) is 6.68. The first kappa shape index (κ1) is 24.3. The molecule has 1 aromatic heterocycles. The highest BCUT2D eigenvalue weighted by molar-refractivity contribution is 7.73. The van der Waals surface area contributed by atoms with Crippen molar-refractivity contribution >= 4 is 23.0 Å². The maximum absolute atomic E-state index is 11.8. The van der Waals surface area contributed by atoms with Gasteiger partial charge in [-0.1, -0.05) is 0 Å². The monoisotopic (exact) mass is 482 g/mol. The van der Waals surface area contributed by atoms with Crippen LogP contribution in [0, 0.1) is 0 Å². The van der Waals surface area contributed by atoms with E-state index in [1.807, 2.05) is 4.98 Å². The Balaban J connectivity index is 2.06. The molecular weight excluding hydrogens is 465 g/mol. The van der Waals surface area contributed by atoms with E-state index in [4.69, 9.17) is 14.5 Å². The van der Waals surface area contributed by atoms with Gasteiger partial charge in [0.15, 0.2) is 12.1 Å². The number of rotatable bonds is 8. The first-order chi connectivity index (χ1) is 13.1. The molecule has 3 unspecified atom stereocenters. The predicted molar refractivity (Wildman–Crippen MR) is 90.8 cm³/mol. The third kappa shape index (κ3) is 6.76. The van der Waals surface area contributed by atoms with Crippen LogP contribution in [0.3, 0.4) is 0 Å². The normalized spacial score (nSPS) is 29.3. The van der Waals surface area contributed by atoms with Crippen molar-refractivity contribution in [2.75, 3.05) is 12.5 Å². The van der Waals surface area contributed by atoms with Crippen molar-refractivity contribution in [3.8, 4) is 0 Å². The van der Waals surface area contributed by atoms with Gasteiger partial charge in [0, 0.05) is 12.3 Å². The van der Waals surface area contributed by atoms with Crippen molar-refractivity contribution in [2.45, 2.75) is 24.5 Å². The summed E-state index contributed by atoms with van der Waals surface area (Å²) in [6.07, 6.45) is -5.56. The first-order valence-electron chi connectivity index (χ1n) is 7.48. The minimum Gasteiger partial charge on any atom is -0.387 e. The van der Waals surface area contributed by atoms with Gasteiger partial charge < -0.3 is 34.5 Å². The van der Waals surface area contributed by atoms with Crippen LogP contribution in [-0.2, 0) is 27.3 Å². The molecule has 16 nitrogen and oxygen atoms in total. The standard InChI is InChI=1S/C10H17N2O14P3/c13-6-1-2-12(10(16)11-6)9-8(15)7(14)5(25-9)3-24-29(22,23)26-28(20,21)4-27(17,18)19/h1-2,5,7-9,14-15H,3-4H2,(H,20,21)(H,22,23)(H,11,13,16)(H2,17,18,19)/t5-,7+,8?,9-/m1/s1. The van der Waals surface area contributed by atoms with Gasteiger partial charge in [-0.15, -0.1) is 0 Å². The molecule has 0 bridgehead atoms. The van der Waals surface area contributed by atoms with E-state index in [2.05, 4.69) is 8.83 Å². The fourth-order valence-electron chi connectivity index (χ4n) is 2.34. The molecule has 166 valence electrons. The number of phosphoric ester groups is 1. The molecule has 0 spiro atoms. The zero-order chi connectivity index (χ0) is 22.2. The van der Waals surface area contributed by atoms with Crippen molar-refractivity contribution in [3.63, 3.8) is 0 Å². The van der Waals surface area contributed by atoms with Crippen LogP contribution in [-0.4, -0.2) is 70.2 Å². The quantitative estimate of drug-likeness (QED) is 0.191. The summed E-state index contributed by atoms with van der Waals surface area (Å²) in [5, 5.41) is 20.0. The van der Waals surface area contributed by atoms with Crippen LogP contribution in [0.25, 0.3) is 0 Å². The van der Waals surface area contributed by atoms with E-state index >= 15 is 0 Å². The van der Waals surface area contributed by atoms with E-state index in [0.717, 1.165) is 16.8 Å². The number of phosphoric acid groups is 1. The van der Waals surface area contributed by atoms with Crippen LogP contribution in [0.1, 0.15) is 6.23 Å². The molecule has 1 aromatic rings. The molecule has 1 aliphatic rings. The number of H-pyrrole nitrogens is 1. The Morgan fingerprint density at radius 3 is 2.28 bits per heavy atom. The van der Waals surface area contributed by atoms with Gasteiger partial charge in [-0.3, -0.25) is 28.0 Å². The number of aromatic nitrogens is 2. The SMILES string of the molecule is O=c1ccn([C@@H]2O[C@H](COP(=O)(O)OP(=O)(O)CP(=O)(O)O)[C@H](O)C2O)c(=O)[nH]1. The summed E-state index contributed by atoms with van der Waals surface area (Å²) in [7, 11) is -15.6. The van der Waals surface area contributed by atoms with E-state index in [1.165, 1.54) is 0 Å². The molecular formula is C10H17N2O14P3. The molecule has 7 N–H and O–H groups in total. The average Bonchev–Trinajstić information content (AvgIpc) is 2.78. The highest BCUT2D eigenvalue weighted by atomic mass is 31.3. The molecule has 1 saturated heterocycles.